The highest BCUT2D eigenvalue weighted by Gasteiger charge is 2.31. The van der Waals surface area contributed by atoms with Crippen LogP contribution in [-0.4, -0.2) is 56.5 Å². The van der Waals surface area contributed by atoms with Gasteiger partial charge in [0.05, 0.1) is 23.4 Å². The summed E-state index contributed by atoms with van der Waals surface area (Å²) in [5.74, 6) is -0.220. The monoisotopic (exact) mass is 457 g/mol. The molecular formula is C24H31N3O4S. The van der Waals surface area contributed by atoms with E-state index >= 15 is 0 Å². The van der Waals surface area contributed by atoms with Crippen molar-refractivity contribution in [3.05, 3.63) is 59.7 Å². The Balaban J connectivity index is 1.45. The van der Waals surface area contributed by atoms with Gasteiger partial charge in [0.15, 0.2) is 0 Å². The van der Waals surface area contributed by atoms with Crippen molar-refractivity contribution in [2.75, 3.05) is 37.6 Å². The van der Waals surface area contributed by atoms with Crippen molar-refractivity contribution >= 4 is 21.7 Å². The van der Waals surface area contributed by atoms with Gasteiger partial charge in [-0.1, -0.05) is 30.3 Å². The molecule has 8 heteroatoms. The molecule has 32 heavy (non-hydrogen) atoms. The minimum Gasteiger partial charge on any atom is -0.368 e. The van der Waals surface area contributed by atoms with Crippen molar-refractivity contribution in [3.8, 4) is 0 Å². The van der Waals surface area contributed by atoms with Crippen LogP contribution in [0.5, 0.6) is 0 Å². The fourth-order valence-electron chi connectivity index (χ4n) is 4.08. The maximum atomic E-state index is 13.0. The molecule has 0 bridgehead atoms. The lowest BCUT2D eigenvalue weighted by atomic mass is 9.97. The summed E-state index contributed by atoms with van der Waals surface area (Å²) in [6.07, 6.45) is 0.677. The molecule has 2 aromatic carbocycles. The van der Waals surface area contributed by atoms with Crippen LogP contribution < -0.4 is 4.90 Å². The molecule has 2 heterocycles. The molecule has 0 radical (unpaired) electrons. The number of sulfonamides is 1. The predicted octanol–water partition coefficient (Wildman–Crippen LogP) is 3.06. The van der Waals surface area contributed by atoms with Gasteiger partial charge in [0, 0.05) is 31.9 Å². The lowest BCUT2D eigenvalue weighted by Crippen LogP contribution is -2.48. The summed E-state index contributed by atoms with van der Waals surface area (Å²) in [5, 5.41) is 1.74. The van der Waals surface area contributed by atoms with E-state index in [2.05, 4.69) is 11.0 Å². The van der Waals surface area contributed by atoms with Crippen LogP contribution in [0.15, 0.2) is 53.4 Å². The molecule has 0 atom stereocenters. The van der Waals surface area contributed by atoms with Gasteiger partial charge in [0.1, 0.15) is 0 Å². The third-order valence-corrected chi connectivity index (χ3v) is 7.85. The van der Waals surface area contributed by atoms with Crippen molar-refractivity contribution in [2.24, 2.45) is 5.41 Å². The number of nitrogens with zero attached hydrogens (tertiary/aromatic N) is 3. The number of hydrogen-bond donors (Lipinski definition) is 0. The van der Waals surface area contributed by atoms with E-state index < -0.39 is 15.4 Å². The first-order valence-corrected chi connectivity index (χ1v) is 12.5. The van der Waals surface area contributed by atoms with Crippen LogP contribution in [0.3, 0.4) is 0 Å². The summed E-state index contributed by atoms with van der Waals surface area (Å²) in [7, 11) is -3.51. The van der Waals surface area contributed by atoms with Crippen molar-refractivity contribution in [3.63, 3.8) is 0 Å². The summed E-state index contributed by atoms with van der Waals surface area (Å²) in [5.41, 5.74) is 2.89. The first-order chi connectivity index (χ1) is 15.2. The topological polar surface area (TPSA) is 70.2 Å². The molecule has 7 nitrogen and oxygen atoms in total. The Morgan fingerprint density at radius 3 is 2.25 bits per heavy atom. The highest BCUT2D eigenvalue weighted by molar-refractivity contribution is 7.89. The smallest absolute Gasteiger partial charge is 0.330 e. The number of piperazine rings is 1. The van der Waals surface area contributed by atoms with E-state index in [9.17, 15) is 13.2 Å². The zero-order valence-corrected chi connectivity index (χ0v) is 19.8. The fraction of sp³-hybridized carbons (Fsp3) is 0.458. The van der Waals surface area contributed by atoms with Gasteiger partial charge >= 0.3 is 5.97 Å². The summed E-state index contributed by atoms with van der Waals surface area (Å²) in [6, 6.07) is 14.7. The second kappa shape index (κ2) is 8.84. The molecule has 172 valence electrons. The Bertz CT molecular complexity index is 1070. The average Bonchev–Trinajstić information content (AvgIpc) is 2.79. The summed E-state index contributed by atoms with van der Waals surface area (Å²) < 4.78 is 27.7. The van der Waals surface area contributed by atoms with Crippen LogP contribution in [0, 0.1) is 5.41 Å². The van der Waals surface area contributed by atoms with Crippen LogP contribution >= 0.6 is 0 Å². The van der Waals surface area contributed by atoms with E-state index in [1.54, 1.807) is 33.6 Å². The standard InChI is InChI=1S/C24H31N3O4S/c1-24(2,3)23(28)31-26-16-14-25(15-17-26)22-11-7-8-19-18-27(13-12-21(19)22)32(29,30)20-9-5-4-6-10-20/h4-11H,12-18H2,1-3H3. The first-order valence-electron chi connectivity index (χ1n) is 11.0. The molecule has 0 aromatic heterocycles. The van der Waals surface area contributed by atoms with Crippen LogP contribution in [0.1, 0.15) is 31.9 Å². The van der Waals surface area contributed by atoms with Gasteiger partial charge in [-0.25, -0.2) is 13.2 Å². The van der Waals surface area contributed by atoms with Crippen molar-refractivity contribution in [1.29, 1.82) is 0 Å². The van der Waals surface area contributed by atoms with E-state index in [0.29, 0.717) is 37.5 Å². The Labute approximate surface area is 190 Å². The SMILES string of the molecule is CC(C)(C)C(=O)ON1CCN(c2cccc3c2CCN(S(=O)(=O)c2ccccc2)C3)CC1. The van der Waals surface area contributed by atoms with E-state index in [-0.39, 0.29) is 5.97 Å². The molecule has 0 N–H and O–H groups in total. The fourth-order valence-corrected chi connectivity index (χ4v) is 5.52. The van der Waals surface area contributed by atoms with Crippen LogP contribution in [0.4, 0.5) is 5.69 Å². The predicted molar refractivity (Wildman–Crippen MR) is 124 cm³/mol. The zero-order valence-electron chi connectivity index (χ0n) is 19.0. The van der Waals surface area contributed by atoms with Crippen molar-refractivity contribution in [2.45, 2.75) is 38.6 Å². The third-order valence-electron chi connectivity index (χ3n) is 5.99. The molecule has 0 amide bonds. The molecule has 0 saturated carbocycles. The third kappa shape index (κ3) is 4.67. The molecule has 2 aromatic rings. The normalized spacial score (nSPS) is 18.3. The number of benzene rings is 2. The number of anilines is 1. The van der Waals surface area contributed by atoms with Crippen LogP contribution in [-0.2, 0) is 32.6 Å². The van der Waals surface area contributed by atoms with E-state index in [1.165, 1.54) is 5.56 Å². The number of carbonyl (C=O) groups is 1. The molecule has 0 spiro atoms. The number of fused-ring (bicyclic) bond motifs is 1. The van der Waals surface area contributed by atoms with Gasteiger partial charge in [-0.2, -0.15) is 4.31 Å². The van der Waals surface area contributed by atoms with Gasteiger partial charge in [0.25, 0.3) is 0 Å². The molecule has 0 unspecified atom stereocenters. The number of hydrogen-bond acceptors (Lipinski definition) is 6. The number of rotatable bonds is 4. The lowest BCUT2D eigenvalue weighted by molar-refractivity contribution is -0.201. The lowest BCUT2D eigenvalue weighted by Gasteiger charge is -2.38. The highest BCUT2D eigenvalue weighted by atomic mass is 32.2. The van der Waals surface area contributed by atoms with Gasteiger partial charge in [-0.15, -0.1) is 5.06 Å². The summed E-state index contributed by atoms with van der Waals surface area (Å²) in [4.78, 5) is 20.3. The van der Waals surface area contributed by atoms with Crippen molar-refractivity contribution in [1.82, 2.24) is 9.37 Å². The summed E-state index contributed by atoms with van der Waals surface area (Å²) in [6.45, 7) is 9.17. The average molecular weight is 458 g/mol. The van der Waals surface area contributed by atoms with Crippen molar-refractivity contribution < 1.29 is 18.0 Å². The summed E-state index contributed by atoms with van der Waals surface area (Å²) >= 11 is 0. The Kier molecular flexibility index (Phi) is 6.29. The minimum atomic E-state index is -3.51. The molecule has 1 fully saturated rings. The van der Waals surface area contributed by atoms with Gasteiger partial charge in [-0.05, 0) is 56.5 Å². The largest absolute Gasteiger partial charge is 0.368 e. The molecule has 4 rings (SSSR count). The first kappa shape index (κ1) is 22.8. The maximum Gasteiger partial charge on any atom is 0.330 e. The van der Waals surface area contributed by atoms with Crippen LogP contribution in [0.25, 0.3) is 0 Å². The molecule has 2 aliphatic rings. The zero-order chi connectivity index (χ0) is 22.9. The van der Waals surface area contributed by atoms with Gasteiger partial charge in [-0.3, -0.25) is 0 Å². The molecular weight excluding hydrogens is 426 g/mol. The highest BCUT2D eigenvalue weighted by Crippen LogP contribution is 2.32. The van der Waals surface area contributed by atoms with Crippen LogP contribution in [0.2, 0.25) is 0 Å². The van der Waals surface area contributed by atoms with E-state index in [4.69, 9.17) is 4.84 Å². The molecule has 2 aliphatic heterocycles. The second-order valence-electron chi connectivity index (χ2n) is 9.36. The molecule has 0 aliphatic carbocycles. The molecule has 1 saturated heterocycles. The Morgan fingerprint density at radius 2 is 1.59 bits per heavy atom. The van der Waals surface area contributed by atoms with Gasteiger partial charge in [0.2, 0.25) is 10.0 Å². The van der Waals surface area contributed by atoms with E-state index in [0.717, 1.165) is 24.3 Å². The second-order valence-corrected chi connectivity index (χ2v) is 11.3. The maximum absolute atomic E-state index is 13.0. The minimum absolute atomic E-state index is 0.220. The number of hydroxylamine groups is 2. The Morgan fingerprint density at radius 1 is 0.906 bits per heavy atom. The Hall–Kier alpha value is -2.42. The van der Waals surface area contributed by atoms with E-state index in [1.807, 2.05) is 39.0 Å². The quantitative estimate of drug-likeness (QED) is 0.703. The number of carbonyl (C=O) groups excluding carboxylic acids is 1. The van der Waals surface area contributed by atoms with Gasteiger partial charge < -0.3 is 9.74 Å².